The van der Waals surface area contributed by atoms with Crippen LogP contribution in [0, 0.1) is 0 Å². The molecule has 0 bridgehead atoms. The third kappa shape index (κ3) is 4.44. The van der Waals surface area contributed by atoms with Crippen LogP contribution >= 0.6 is 11.3 Å². The number of fused-ring (bicyclic) bond motifs is 1. The van der Waals surface area contributed by atoms with Gasteiger partial charge in [-0.25, -0.2) is 0 Å². The maximum Gasteiger partial charge on any atom is 0.261 e. The number of benzene rings is 2. The third-order valence-electron chi connectivity index (χ3n) is 4.90. The summed E-state index contributed by atoms with van der Waals surface area (Å²) in [5.74, 6) is -0.592. The van der Waals surface area contributed by atoms with Gasteiger partial charge >= 0.3 is 0 Å². The van der Waals surface area contributed by atoms with Crippen molar-refractivity contribution in [1.29, 1.82) is 0 Å². The molecule has 0 aliphatic carbocycles. The molecule has 3 amide bonds. The summed E-state index contributed by atoms with van der Waals surface area (Å²) in [5.41, 5.74) is 2.93. The molecular formula is C23H20N4O3S. The Hall–Kier alpha value is -3.65. The van der Waals surface area contributed by atoms with Gasteiger partial charge in [-0.05, 0) is 35.3 Å². The Balaban J connectivity index is 1.36. The second-order valence-electron chi connectivity index (χ2n) is 7.39. The molecule has 1 aromatic heterocycles. The minimum atomic E-state index is -0.354. The largest absolute Gasteiger partial charge is 0.297 e. The van der Waals surface area contributed by atoms with E-state index in [1.54, 1.807) is 30.3 Å². The fraction of sp³-hybridized carbons (Fsp3) is 0.174. The Kier molecular flexibility index (Phi) is 5.73. The molecule has 0 fully saturated rings. The second-order valence-corrected chi connectivity index (χ2v) is 8.45. The minimum absolute atomic E-state index is 0.0118. The van der Waals surface area contributed by atoms with Gasteiger partial charge in [-0.2, -0.15) is 0 Å². The minimum Gasteiger partial charge on any atom is -0.297 e. The first-order chi connectivity index (χ1) is 14.9. The molecule has 8 heteroatoms. The lowest BCUT2D eigenvalue weighted by Crippen LogP contribution is -2.29. The van der Waals surface area contributed by atoms with Crippen molar-refractivity contribution in [3.8, 4) is 0 Å². The van der Waals surface area contributed by atoms with Gasteiger partial charge in [0, 0.05) is 6.08 Å². The van der Waals surface area contributed by atoms with Crippen LogP contribution in [0.2, 0.25) is 0 Å². The van der Waals surface area contributed by atoms with Crippen LogP contribution in [0.5, 0.6) is 0 Å². The van der Waals surface area contributed by atoms with Crippen molar-refractivity contribution < 1.29 is 14.4 Å². The van der Waals surface area contributed by atoms with Crippen molar-refractivity contribution in [2.75, 3.05) is 5.32 Å². The van der Waals surface area contributed by atoms with Crippen molar-refractivity contribution in [3.05, 3.63) is 81.9 Å². The Morgan fingerprint density at radius 1 is 1.03 bits per heavy atom. The molecule has 1 aliphatic heterocycles. The normalized spacial score (nSPS) is 13.3. The molecule has 4 rings (SSSR count). The summed E-state index contributed by atoms with van der Waals surface area (Å²) in [6.07, 6.45) is 3.15. The van der Waals surface area contributed by atoms with E-state index in [1.807, 2.05) is 24.3 Å². The summed E-state index contributed by atoms with van der Waals surface area (Å²) < 4.78 is 0. The summed E-state index contributed by atoms with van der Waals surface area (Å²) in [5, 5.41) is 11.3. The zero-order valence-corrected chi connectivity index (χ0v) is 17.8. The molecule has 1 aliphatic rings. The van der Waals surface area contributed by atoms with Gasteiger partial charge < -0.3 is 0 Å². The number of aromatic nitrogens is 2. The fourth-order valence-electron chi connectivity index (χ4n) is 3.20. The molecule has 0 saturated carbocycles. The lowest BCUT2D eigenvalue weighted by molar-refractivity contribution is -0.111. The molecule has 2 heterocycles. The number of carbonyl (C=O) groups is 3. The Labute approximate surface area is 183 Å². The van der Waals surface area contributed by atoms with Crippen LogP contribution in [0.3, 0.4) is 0 Å². The zero-order valence-electron chi connectivity index (χ0n) is 17.0. The first-order valence-electron chi connectivity index (χ1n) is 9.79. The van der Waals surface area contributed by atoms with E-state index < -0.39 is 0 Å². The van der Waals surface area contributed by atoms with E-state index in [2.05, 4.69) is 29.4 Å². The van der Waals surface area contributed by atoms with Crippen LogP contribution < -0.4 is 5.32 Å². The van der Waals surface area contributed by atoms with Gasteiger partial charge in [0.25, 0.3) is 11.8 Å². The standard InChI is InChI=1S/C23H20N4O3S/c1-14(2)16-10-7-15(8-11-16)9-12-19(28)24-23-26-25-20(31-23)13-27-21(29)17-5-3-4-6-18(17)22(27)30/h3-12,14H,13H2,1-2H3,(H,24,26,28)/b12-9+. The predicted molar refractivity (Wildman–Crippen MR) is 119 cm³/mol. The summed E-state index contributed by atoms with van der Waals surface area (Å²) in [6, 6.07) is 14.7. The number of imide groups is 1. The summed E-state index contributed by atoms with van der Waals surface area (Å²) >= 11 is 1.12. The SMILES string of the molecule is CC(C)c1ccc(/C=C/C(=O)Nc2nnc(CN3C(=O)c4ccccc4C3=O)s2)cc1. The number of hydrogen-bond donors (Lipinski definition) is 1. The highest BCUT2D eigenvalue weighted by molar-refractivity contribution is 7.15. The Bertz CT molecular complexity index is 1150. The summed E-state index contributed by atoms with van der Waals surface area (Å²) in [4.78, 5) is 38.2. The lowest BCUT2D eigenvalue weighted by atomic mass is 10.0. The average Bonchev–Trinajstić information content (AvgIpc) is 3.31. The maximum absolute atomic E-state index is 12.5. The third-order valence-corrected chi connectivity index (χ3v) is 5.72. The quantitative estimate of drug-likeness (QED) is 0.467. The molecule has 0 spiro atoms. The van der Waals surface area contributed by atoms with E-state index >= 15 is 0 Å². The van der Waals surface area contributed by atoms with E-state index in [1.165, 1.54) is 11.6 Å². The van der Waals surface area contributed by atoms with Gasteiger partial charge in [-0.1, -0.05) is 61.6 Å². The number of hydrogen-bond acceptors (Lipinski definition) is 6. The summed E-state index contributed by atoms with van der Waals surface area (Å²) in [7, 11) is 0. The Morgan fingerprint density at radius 3 is 2.29 bits per heavy atom. The van der Waals surface area contributed by atoms with E-state index in [9.17, 15) is 14.4 Å². The van der Waals surface area contributed by atoms with E-state index in [4.69, 9.17) is 0 Å². The molecule has 0 unspecified atom stereocenters. The first kappa shape index (κ1) is 20.6. The topological polar surface area (TPSA) is 92.3 Å². The van der Waals surface area contributed by atoms with Crippen LogP contribution in [-0.4, -0.2) is 32.8 Å². The van der Waals surface area contributed by atoms with Gasteiger partial charge in [0.05, 0.1) is 17.7 Å². The average molecular weight is 433 g/mol. The van der Waals surface area contributed by atoms with E-state index in [0.717, 1.165) is 21.8 Å². The van der Waals surface area contributed by atoms with Crippen LogP contribution in [0.15, 0.2) is 54.6 Å². The highest BCUT2D eigenvalue weighted by Crippen LogP contribution is 2.26. The van der Waals surface area contributed by atoms with Crippen LogP contribution in [0.4, 0.5) is 5.13 Å². The number of nitrogens with zero attached hydrogens (tertiary/aromatic N) is 3. The van der Waals surface area contributed by atoms with E-state index in [0.29, 0.717) is 27.2 Å². The highest BCUT2D eigenvalue weighted by Gasteiger charge is 2.35. The van der Waals surface area contributed by atoms with Crippen LogP contribution in [-0.2, 0) is 11.3 Å². The molecule has 156 valence electrons. The molecule has 0 saturated heterocycles. The molecule has 31 heavy (non-hydrogen) atoms. The monoisotopic (exact) mass is 432 g/mol. The molecule has 7 nitrogen and oxygen atoms in total. The number of carbonyl (C=O) groups excluding carboxylic acids is 3. The molecule has 0 radical (unpaired) electrons. The van der Waals surface area contributed by atoms with Crippen molar-refractivity contribution in [1.82, 2.24) is 15.1 Å². The lowest BCUT2D eigenvalue weighted by Gasteiger charge is -2.10. The predicted octanol–water partition coefficient (Wildman–Crippen LogP) is 4.11. The molecular weight excluding hydrogens is 412 g/mol. The maximum atomic E-state index is 12.5. The molecule has 3 aromatic rings. The van der Waals surface area contributed by atoms with Crippen LogP contribution in [0.1, 0.15) is 56.6 Å². The van der Waals surface area contributed by atoms with Crippen molar-refractivity contribution >= 4 is 40.3 Å². The number of anilines is 1. The van der Waals surface area contributed by atoms with Crippen molar-refractivity contribution in [2.45, 2.75) is 26.3 Å². The van der Waals surface area contributed by atoms with Gasteiger partial charge in [0.15, 0.2) is 0 Å². The fourth-order valence-corrected chi connectivity index (χ4v) is 3.93. The van der Waals surface area contributed by atoms with Gasteiger partial charge in [-0.15, -0.1) is 10.2 Å². The summed E-state index contributed by atoms with van der Waals surface area (Å²) in [6.45, 7) is 4.27. The molecule has 2 aromatic carbocycles. The second kappa shape index (κ2) is 8.61. The van der Waals surface area contributed by atoms with Crippen molar-refractivity contribution in [3.63, 3.8) is 0 Å². The number of rotatable bonds is 6. The molecule has 1 N–H and O–H groups in total. The van der Waals surface area contributed by atoms with Gasteiger partial charge in [0.1, 0.15) is 5.01 Å². The van der Waals surface area contributed by atoms with Gasteiger partial charge in [-0.3, -0.25) is 24.6 Å². The van der Waals surface area contributed by atoms with Gasteiger partial charge in [0.2, 0.25) is 11.0 Å². The van der Waals surface area contributed by atoms with E-state index in [-0.39, 0.29) is 24.3 Å². The Morgan fingerprint density at radius 2 is 1.68 bits per heavy atom. The van der Waals surface area contributed by atoms with Crippen LogP contribution in [0.25, 0.3) is 6.08 Å². The first-order valence-corrected chi connectivity index (χ1v) is 10.6. The zero-order chi connectivity index (χ0) is 22.0. The highest BCUT2D eigenvalue weighted by atomic mass is 32.1. The molecule has 0 atom stereocenters. The number of amides is 3. The smallest absolute Gasteiger partial charge is 0.261 e. The van der Waals surface area contributed by atoms with Crippen molar-refractivity contribution in [2.24, 2.45) is 0 Å². The number of nitrogens with one attached hydrogen (secondary N) is 1.